The predicted molar refractivity (Wildman–Crippen MR) is 125 cm³/mol. The Morgan fingerprint density at radius 1 is 1.00 bits per heavy atom. The van der Waals surface area contributed by atoms with Gasteiger partial charge in [-0.2, -0.15) is 5.10 Å². The topological polar surface area (TPSA) is 74.6 Å². The first-order valence-electron chi connectivity index (χ1n) is 10.5. The monoisotopic (exact) mass is 457 g/mol. The van der Waals surface area contributed by atoms with E-state index in [4.69, 9.17) is 25.8 Å². The number of hydrogen-bond acceptors (Lipinski definition) is 5. The van der Waals surface area contributed by atoms with Gasteiger partial charge in [0.05, 0.1) is 29.6 Å². The summed E-state index contributed by atoms with van der Waals surface area (Å²) in [6.07, 6.45) is 0. The molecular formula is C24H28ClN3O4. The SMILES string of the molecule is CCOc1ccc(COc2ccc(NC(=O)Cn3nc(C)c(Cl)c3C)cc2)cc1OCC. The molecule has 0 atom stereocenters. The molecule has 0 fully saturated rings. The van der Waals surface area contributed by atoms with E-state index in [0.717, 1.165) is 17.0 Å². The lowest BCUT2D eigenvalue weighted by atomic mass is 10.2. The average molecular weight is 458 g/mol. The zero-order chi connectivity index (χ0) is 23.1. The molecular weight excluding hydrogens is 430 g/mol. The Kier molecular flexibility index (Phi) is 8.00. The zero-order valence-corrected chi connectivity index (χ0v) is 19.5. The minimum absolute atomic E-state index is 0.0948. The van der Waals surface area contributed by atoms with Crippen molar-refractivity contribution in [3.63, 3.8) is 0 Å². The van der Waals surface area contributed by atoms with Crippen LogP contribution in [-0.4, -0.2) is 28.9 Å². The number of aryl methyl sites for hydroxylation is 1. The van der Waals surface area contributed by atoms with E-state index < -0.39 is 0 Å². The number of amides is 1. The van der Waals surface area contributed by atoms with E-state index in [9.17, 15) is 4.79 Å². The molecule has 0 bridgehead atoms. The molecule has 170 valence electrons. The molecule has 0 aliphatic heterocycles. The van der Waals surface area contributed by atoms with Crippen LogP contribution in [-0.2, 0) is 17.9 Å². The highest BCUT2D eigenvalue weighted by molar-refractivity contribution is 6.31. The van der Waals surface area contributed by atoms with Crippen molar-refractivity contribution in [2.24, 2.45) is 0 Å². The molecule has 0 unspecified atom stereocenters. The first kappa shape index (κ1) is 23.5. The largest absolute Gasteiger partial charge is 0.490 e. The van der Waals surface area contributed by atoms with Gasteiger partial charge in [-0.15, -0.1) is 0 Å². The van der Waals surface area contributed by atoms with Gasteiger partial charge in [-0.05, 0) is 69.7 Å². The van der Waals surface area contributed by atoms with Crippen molar-refractivity contribution in [2.45, 2.75) is 40.8 Å². The summed E-state index contributed by atoms with van der Waals surface area (Å²) in [5.74, 6) is 1.94. The molecule has 0 aliphatic rings. The molecule has 1 aromatic heterocycles. The quantitative estimate of drug-likeness (QED) is 0.454. The number of benzene rings is 2. The summed E-state index contributed by atoms with van der Waals surface area (Å²) in [6.45, 7) is 9.14. The second-order valence-corrected chi connectivity index (χ2v) is 7.53. The molecule has 32 heavy (non-hydrogen) atoms. The Hall–Kier alpha value is -3.19. The number of aromatic nitrogens is 2. The van der Waals surface area contributed by atoms with E-state index >= 15 is 0 Å². The van der Waals surface area contributed by atoms with Gasteiger partial charge in [-0.25, -0.2) is 0 Å². The summed E-state index contributed by atoms with van der Waals surface area (Å²) in [5.41, 5.74) is 3.12. The van der Waals surface area contributed by atoms with Crippen LogP contribution < -0.4 is 19.5 Å². The Balaban J connectivity index is 1.56. The number of carbonyl (C=O) groups is 1. The smallest absolute Gasteiger partial charge is 0.246 e. The minimum Gasteiger partial charge on any atom is -0.490 e. The number of hydrogen-bond donors (Lipinski definition) is 1. The highest BCUT2D eigenvalue weighted by Crippen LogP contribution is 2.29. The van der Waals surface area contributed by atoms with Gasteiger partial charge in [0.2, 0.25) is 5.91 Å². The molecule has 0 spiro atoms. The summed E-state index contributed by atoms with van der Waals surface area (Å²) < 4.78 is 18.7. The van der Waals surface area contributed by atoms with Crippen LogP contribution in [0.5, 0.6) is 17.2 Å². The first-order valence-corrected chi connectivity index (χ1v) is 10.9. The van der Waals surface area contributed by atoms with Crippen LogP contribution >= 0.6 is 11.6 Å². The number of carbonyl (C=O) groups excluding carboxylic acids is 1. The Morgan fingerprint density at radius 3 is 2.31 bits per heavy atom. The van der Waals surface area contributed by atoms with Gasteiger partial charge in [-0.1, -0.05) is 17.7 Å². The van der Waals surface area contributed by atoms with Crippen molar-refractivity contribution in [1.29, 1.82) is 0 Å². The highest BCUT2D eigenvalue weighted by Gasteiger charge is 2.12. The predicted octanol–water partition coefficient (Wildman–Crippen LogP) is 5.17. The molecule has 0 radical (unpaired) electrons. The second kappa shape index (κ2) is 10.9. The molecule has 1 heterocycles. The van der Waals surface area contributed by atoms with Gasteiger partial charge in [0.25, 0.3) is 0 Å². The fraction of sp³-hybridized carbons (Fsp3) is 0.333. The van der Waals surface area contributed by atoms with Crippen molar-refractivity contribution in [1.82, 2.24) is 9.78 Å². The number of anilines is 1. The summed E-state index contributed by atoms with van der Waals surface area (Å²) in [4.78, 5) is 12.3. The van der Waals surface area contributed by atoms with Crippen LogP contribution in [0.15, 0.2) is 42.5 Å². The van der Waals surface area contributed by atoms with E-state index in [0.29, 0.717) is 47.7 Å². The highest BCUT2D eigenvalue weighted by atomic mass is 35.5. The molecule has 0 saturated carbocycles. The van der Waals surface area contributed by atoms with Crippen LogP contribution in [0.4, 0.5) is 5.69 Å². The Labute approximate surface area is 193 Å². The summed E-state index contributed by atoms with van der Waals surface area (Å²) >= 11 is 6.14. The fourth-order valence-corrected chi connectivity index (χ4v) is 3.29. The van der Waals surface area contributed by atoms with E-state index in [1.165, 1.54) is 0 Å². The third-order valence-electron chi connectivity index (χ3n) is 4.74. The molecule has 0 saturated heterocycles. The van der Waals surface area contributed by atoms with Gasteiger partial charge in [0, 0.05) is 5.69 Å². The van der Waals surface area contributed by atoms with Crippen molar-refractivity contribution in [3.05, 3.63) is 64.4 Å². The maximum absolute atomic E-state index is 12.3. The number of nitrogens with zero attached hydrogens (tertiary/aromatic N) is 2. The van der Waals surface area contributed by atoms with Crippen LogP contribution in [0.3, 0.4) is 0 Å². The maximum atomic E-state index is 12.3. The second-order valence-electron chi connectivity index (χ2n) is 7.15. The Morgan fingerprint density at radius 2 is 1.69 bits per heavy atom. The van der Waals surface area contributed by atoms with Crippen LogP contribution in [0.2, 0.25) is 5.02 Å². The van der Waals surface area contributed by atoms with E-state index in [1.54, 1.807) is 16.8 Å². The molecule has 0 aliphatic carbocycles. The van der Waals surface area contributed by atoms with E-state index in [2.05, 4.69) is 10.4 Å². The summed E-state index contributed by atoms with van der Waals surface area (Å²) in [6, 6.07) is 13.0. The first-order chi connectivity index (χ1) is 15.4. The van der Waals surface area contributed by atoms with Crippen molar-refractivity contribution in [2.75, 3.05) is 18.5 Å². The maximum Gasteiger partial charge on any atom is 0.246 e. The minimum atomic E-state index is -0.182. The Bertz CT molecular complexity index is 1060. The van der Waals surface area contributed by atoms with Crippen LogP contribution in [0, 0.1) is 13.8 Å². The number of halogens is 1. The third-order valence-corrected chi connectivity index (χ3v) is 5.28. The molecule has 1 amide bonds. The van der Waals surface area contributed by atoms with Gasteiger partial charge < -0.3 is 19.5 Å². The molecule has 1 N–H and O–H groups in total. The average Bonchev–Trinajstić information content (AvgIpc) is 3.01. The van der Waals surface area contributed by atoms with Gasteiger partial charge in [-0.3, -0.25) is 9.48 Å². The van der Waals surface area contributed by atoms with Gasteiger partial charge in [0.15, 0.2) is 11.5 Å². The zero-order valence-electron chi connectivity index (χ0n) is 18.8. The lowest BCUT2D eigenvalue weighted by Gasteiger charge is -2.13. The molecule has 8 heteroatoms. The molecule has 7 nitrogen and oxygen atoms in total. The summed E-state index contributed by atoms with van der Waals surface area (Å²) in [7, 11) is 0. The molecule has 3 rings (SSSR count). The lowest BCUT2D eigenvalue weighted by Crippen LogP contribution is -2.20. The van der Waals surface area contributed by atoms with Gasteiger partial charge in [0.1, 0.15) is 18.9 Å². The third kappa shape index (κ3) is 5.95. The molecule has 3 aromatic rings. The van der Waals surface area contributed by atoms with Crippen molar-refractivity contribution in [3.8, 4) is 17.2 Å². The van der Waals surface area contributed by atoms with Gasteiger partial charge >= 0.3 is 0 Å². The number of rotatable bonds is 10. The standard InChI is InChI=1S/C24H28ClN3O4/c1-5-30-21-12-7-18(13-22(21)31-6-2)15-32-20-10-8-19(9-11-20)26-23(29)14-28-17(4)24(25)16(3)27-28/h7-13H,5-6,14-15H2,1-4H3,(H,26,29). The van der Waals surface area contributed by atoms with Crippen molar-refractivity contribution < 1.29 is 19.0 Å². The number of ether oxygens (including phenoxy) is 3. The fourth-order valence-electron chi connectivity index (χ4n) is 3.15. The molecule has 2 aromatic carbocycles. The lowest BCUT2D eigenvalue weighted by molar-refractivity contribution is -0.116. The van der Waals surface area contributed by atoms with Crippen LogP contribution in [0.25, 0.3) is 0 Å². The van der Waals surface area contributed by atoms with Crippen molar-refractivity contribution >= 4 is 23.2 Å². The summed E-state index contributed by atoms with van der Waals surface area (Å²) in [5, 5.41) is 7.72. The van der Waals surface area contributed by atoms with E-state index in [-0.39, 0.29) is 12.5 Å². The van der Waals surface area contributed by atoms with E-state index in [1.807, 2.05) is 58.0 Å². The van der Waals surface area contributed by atoms with Crippen LogP contribution in [0.1, 0.15) is 30.8 Å². The number of nitrogens with one attached hydrogen (secondary N) is 1. The normalized spacial score (nSPS) is 10.7.